The molecule has 0 saturated heterocycles. The summed E-state index contributed by atoms with van der Waals surface area (Å²) in [6, 6.07) is 8.58. The van der Waals surface area contributed by atoms with E-state index in [1.807, 2.05) is 6.07 Å². The van der Waals surface area contributed by atoms with Crippen LogP contribution < -0.4 is 20.3 Å². The number of rotatable bonds is 5. The fraction of sp³-hybridized carbons (Fsp3) is 0.278. The number of methoxy groups -OCH3 is 2. The van der Waals surface area contributed by atoms with Crippen molar-refractivity contribution in [3.05, 3.63) is 51.4 Å². The number of carbonyl (C=O) groups excluding carboxylic acids is 1. The molecule has 25 heavy (non-hydrogen) atoms. The highest BCUT2D eigenvalue weighted by Gasteiger charge is 2.14. The van der Waals surface area contributed by atoms with E-state index >= 15 is 0 Å². The molecule has 0 aliphatic heterocycles. The van der Waals surface area contributed by atoms with Crippen LogP contribution in [-0.4, -0.2) is 24.7 Å². The van der Waals surface area contributed by atoms with Crippen molar-refractivity contribution >= 4 is 11.6 Å². The van der Waals surface area contributed by atoms with Crippen LogP contribution in [0.5, 0.6) is 11.5 Å². The molecule has 1 N–H and O–H groups in total. The van der Waals surface area contributed by atoms with E-state index in [0.717, 1.165) is 0 Å². The number of hydrogen-bond acceptors (Lipinski definition) is 5. The predicted molar refractivity (Wildman–Crippen MR) is 93.1 cm³/mol. The minimum Gasteiger partial charge on any atom is -0.497 e. The predicted octanol–water partition coefficient (Wildman–Crippen LogP) is 1.99. The van der Waals surface area contributed by atoms with Gasteiger partial charge in [0.15, 0.2) is 0 Å². The molecular formula is C18H19N3O4. The molecule has 2 aromatic rings. The summed E-state index contributed by atoms with van der Waals surface area (Å²) >= 11 is 0. The third kappa shape index (κ3) is 3.80. The summed E-state index contributed by atoms with van der Waals surface area (Å²) in [7, 11) is 3.02. The molecule has 0 bridgehead atoms. The fourth-order valence-electron chi connectivity index (χ4n) is 2.49. The van der Waals surface area contributed by atoms with Gasteiger partial charge < -0.3 is 19.4 Å². The van der Waals surface area contributed by atoms with Gasteiger partial charge in [0.1, 0.15) is 29.7 Å². The van der Waals surface area contributed by atoms with Crippen molar-refractivity contribution in [2.75, 3.05) is 19.5 Å². The first kappa shape index (κ1) is 18.1. The largest absolute Gasteiger partial charge is 0.497 e. The summed E-state index contributed by atoms with van der Waals surface area (Å²) in [5, 5.41) is 11.8. The van der Waals surface area contributed by atoms with Gasteiger partial charge in [-0.15, -0.1) is 0 Å². The normalized spacial score (nSPS) is 10.0. The lowest BCUT2D eigenvalue weighted by Gasteiger charge is -2.14. The zero-order valence-corrected chi connectivity index (χ0v) is 14.5. The number of nitriles is 1. The molecule has 0 atom stereocenters. The minimum absolute atomic E-state index is 0.0421. The number of nitrogens with one attached hydrogen (secondary N) is 1. The Kier molecular flexibility index (Phi) is 5.45. The number of nitrogens with zero attached hydrogens (tertiary/aromatic N) is 2. The summed E-state index contributed by atoms with van der Waals surface area (Å²) in [6.07, 6.45) is 0. The molecule has 1 heterocycles. The maximum absolute atomic E-state index is 12.4. The smallest absolute Gasteiger partial charge is 0.269 e. The number of hydrogen-bond donors (Lipinski definition) is 1. The van der Waals surface area contributed by atoms with Gasteiger partial charge in [-0.25, -0.2) is 0 Å². The molecule has 7 heteroatoms. The van der Waals surface area contributed by atoms with Crippen LogP contribution in [0.15, 0.2) is 29.1 Å². The van der Waals surface area contributed by atoms with Crippen LogP contribution in [0, 0.1) is 25.2 Å². The number of aryl methyl sites for hydroxylation is 2. The van der Waals surface area contributed by atoms with Crippen LogP contribution in [-0.2, 0) is 11.3 Å². The second-order valence-corrected chi connectivity index (χ2v) is 5.46. The van der Waals surface area contributed by atoms with Gasteiger partial charge in [0.05, 0.1) is 19.9 Å². The van der Waals surface area contributed by atoms with Gasteiger partial charge in [0, 0.05) is 11.8 Å². The van der Waals surface area contributed by atoms with Gasteiger partial charge in [0.2, 0.25) is 5.91 Å². The minimum atomic E-state index is -0.475. The highest BCUT2D eigenvalue weighted by atomic mass is 16.5. The maximum atomic E-state index is 12.4. The SMILES string of the molecule is COc1ccc(NC(=O)Cn2c(C)cc(C)c(C#N)c2=O)c(OC)c1. The van der Waals surface area contributed by atoms with Gasteiger partial charge in [-0.05, 0) is 37.6 Å². The van der Waals surface area contributed by atoms with E-state index in [-0.39, 0.29) is 12.1 Å². The molecule has 0 aliphatic carbocycles. The zero-order chi connectivity index (χ0) is 18.6. The Morgan fingerprint density at radius 3 is 2.56 bits per heavy atom. The number of pyridine rings is 1. The number of ether oxygens (including phenoxy) is 2. The van der Waals surface area contributed by atoms with Crippen molar-refractivity contribution in [2.45, 2.75) is 20.4 Å². The van der Waals surface area contributed by atoms with Gasteiger partial charge in [0.25, 0.3) is 5.56 Å². The van der Waals surface area contributed by atoms with Crippen molar-refractivity contribution in [2.24, 2.45) is 0 Å². The quantitative estimate of drug-likeness (QED) is 0.898. The lowest BCUT2D eigenvalue weighted by atomic mass is 10.1. The highest BCUT2D eigenvalue weighted by molar-refractivity contribution is 5.92. The number of carbonyl (C=O) groups is 1. The Labute approximate surface area is 145 Å². The Bertz CT molecular complexity index is 910. The van der Waals surface area contributed by atoms with E-state index < -0.39 is 11.5 Å². The number of aromatic nitrogens is 1. The van der Waals surface area contributed by atoms with Crippen LogP contribution in [0.25, 0.3) is 0 Å². The molecule has 130 valence electrons. The zero-order valence-electron chi connectivity index (χ0n) is 14.5. The molecule has 2 rings (SSSR count). The van der Waals surface area contributed by atoms with Crippen molar-refractivity contribution in [1.29, 1.82) is 5.26 Å². The Morgan fingerprint density at radius 1 is 1.24 bits per heavy atom. The fourth-order valence-corrected chi connectivity index (χ4v) is 2.49. The summed E-state index contributed by atoms with van der Waals surface area (Å²) in [5.74, 6) is 0.638. The topological polar surface area (TPSA) is 93.4 Å². The first-order chi connectivity index (χ1) is 11.9. The van der Waals surface area contributed by atoms with E-state index in [1.165, 1.54) is 18.8 Å². The van der Waals surface area contributed by atoms with E-state index in [4.69, 9.17) is 14.7 Å². The van der Waals surface area contributed by atoms with Crippen molar-refractivity contribution in [1.82, 2.24) is 4.57 Å². The summed E-state index contributed by atoms with van der Waals surface area (Å²) in [5.41, 5.74) is 1.24. The highest BCUT2D eigenvalue weighted by Crippen LogP contribution is 2.28. The van der Waals surface area contributed by atoms with Crippen LogP contribution in [0.2, 0.25) is 0 Å². The Balaban J connectivity index is 2.28. The lowest BCUT2D eigenvalue weighted by Crippen LogP contribution is -2.31. The number of benzene rings is 1. The molecule has 1 aromatic heterocycles. The maximum Gasteiger partial charge on any atom is 0.269 e. The molecule has 0 spiro atoms. The van der Waals surface area contributed by atoms with Gasteiger partial charge in [-0.3, -0.25) is 9.59 Å². The molecule has 1 amide bonds. The third-order valence-corrected chi connectivity index (χ3v) is 3.80. The molecule has 1 aromatic carbocycles. The van der Waals surface area contributed by atoms with Gasteiger partial charge in [-0.1, -0.05) is 0 Å². The first-order valence-corrected chi connectivity index (χ1v) is 7.54. The average molecular weight is 341 g/mol. The van der Waals surface area contributed by atoms with Crippen LogP contribution in [0.3, 0.4) is 0 Å². The summed E-state index contributed by atoms with van der Waals surface area (Å²) in [6.45, 7) is 3.21. The van der Waals surface area contributed by atoms with Crippen LogP contribution in [0.4, 0.5) is 5.69 Å². The monoisotopic (exact) mass is 341 g/mol. The lowest BCUT2D eigenvalue weighted by molar-refractivity contribution is -0.116. The van der Waals surface area contributed by atoms with Crippen molar-refractivity contribution < 1.29 is 14.3 Å². The summed E-state index contributed by atoms with van der Waals surface area (Å²) < 4.78 is 11.6. The van der Waals surface area contributed by atoms with Crippen molar-refractivity contribution in [3.8, 4) is 17.6 Å². The van der Waals surface area contributed by atoms with E-state index in [2.05, 4.69) is 5.32 Å². The van der Waals surface area contributed by atoms with Crippen molar-refractivity contribution in [3.63, 3.8) is 0 Å². The van der Waals surface area contributed by atoms with E-state index in [1.54, 1.807) is 38.1 Å². The van der Waals surface area contributed by atoms with Crippen LogP contribution >= 0.6 is 0 Å². The number of anilines is 1. The molecule has 0 saturated carbocycles. The molecular weight excluding hydrogens is 322 g/mol. The van der Waals surface area contributed by atoms with E-state index in [9.17, 15) is 9.59 Å². The third-order valence-electron chi connectivity index (χ3n) is 3.80. The Morgan fingerprint density at radius 2 is 1.96 bits per heavy atom. The van der Waals surface area contributed by atoms with Crippen LogP contribution in [0.1, 0.15) is 16.8 Å². The second-order valence-electron chi connectivity index (χ2n) is 5.46. The molecule has 0 aliphatic rings. The first-order valence-electron chi connectivity index (χ1n) is 7.54. The standard InChI is InChI=1S/C18H19N3O4/c1-11-7-12(2)21(18(23)14(11)9-19)10-17(22)20-15-6-5-13(24-3)8-16(15)25-4/h5-8H,10H2,1-4H3,(H,20,22). The van der Waals surface area contributed by atoms with E-state index in [0.29, 0.717) is 28.4 Å². The second kappa shape index (κ2) is 7.53. The molecule has 7 nitrogen and oxygen atoms in total. The van der Waals surface area contributed by atoms with Gasteiger partial charge in [-0.2, -0.15) is 5.26 Å². The van der Waals surface area contributed by atoms with Gasteiger partial charge >= 0.3 is 0 Å². The molecule has 0 radical (unpaired) electrons. The molecule has 0 fully saturated rings. The molecule has 0 unspecified atom stereocenters. The average Bonchev–Trinajstić information content (AvgIpc) is 2.59. The Hall–Kier alpha value is -3.27. The summed E-state index contributed by atoms with van der Waals surface area (Å²) in [4.78, 5) is 24.7. The number of amides is 1.